The number of rotatable bonds is 3. The molecule has 3 rings (SSSR count). The van der Waals surface area contributed by atoms with E-state index < -0.39 is 5.60 Å². The Morgan fingerprint density at radius 1 is 0.963 bits per heavy atom. The Labute approximate surface area is 162 Å². The molecule has 1 saturated heterocycles. The molecule has 0 aliphatic carbocycles. The van der Waals surface area contributed by atoms with Crippen LogP contribution in [-0.2, 0) is 4.74 Å². The fourth-order valence-electron chi connectivity index (χ4n) is 3.70. The minimum atomic E-state index is -0.468. The van der Waals surface area contributed by atoms with E-state index in [-0.39, 0.29) is 18.2 Å². The van der Waals surface area contributed by atoms with Gasteiger partial charge in [-0.15, -0.1) is 0 Å². The number of benzene rings is 2. The fourth-order valence-corrected chi connectivity index (χ4v) is 3.70. The van der Waals surface area contributed by atoms with E-state index in [1.54, 1.807) is 0 Å². The van der Waals surface area contributed by atoms with Crippen molar-refractivity contribution in [2.24, 2.45) is 0 Å². The van der Waals surface area contributed by atoms with Crippen molar-refractivity contribution in [3.8, 4) is 0 Å². The first kappa shape index (κ1) is 19.4. The highest BCUT2D eigenvalue weighted by molar-refractivity contribution is 5.68. The highest BCUT2D eigenvalue weighted by Gasteiger charge is 2.34. The molecule has 1 aliphatic rings. The molecular weight excluding hydrogens is 336 g/mol. The first-order chi connectivity index (χ1) is 12.8. The molecule has 1 heterocycles. The summed E-state index contributed by atoms with van der Waals surface area (Å²) >= 11 is 0. The lowest BCUT2D eigenvalue weighted by molar-refractivity contribution is -0.00222. The van der Waals surface area contributed by atoms with Gasteiger partial charge in [-0.1, -0.05) is 60.7 Å². The highest BCUT2D eigenvalue weighted by atomic mass is 16.6. The lowest BCUT2D eigenvalue weighted by atomic mass is 9.95. The topological polar surface area (TPSA) is 32.8 Å². The molecule has 0 aromatic heterocycles. The Hall–Kier alpha value is -2.33. The Morgan fingerprint density at radius 2 is 1.48 bits per heavy atom. The number of nitrogens with zero attached hydrogens (tertiary/aromatic N) is 2. The molecule has 0 unspecified atom stereocenters. The van der Waals surface area contributed by atoms with Crippen molar-refractivity contribution in [1.29, 1.82) is 0 Å². The highest BCUT2D eigenvalue weighted by Crippen LogP contribution is 2.30. The lowest BCUT2D eigenvalue weighted by Crippen LogP contribution is -2.55. The van der Waals surface area contributed by atoms with Crippen molar-refractivity contribution >= 4 is 6.09 Å². The van der Waals surface area contributed by atoms with Crippen LogP contribution in [0, 0.1) is 0 Å². The number of carbonyl (C=O) groups excluding carboxylic acids is 1. The second-order valence-electron chi connectivity index (χ2n) is 8.24. The summed E-state index contributed by atoms with van der Waals surface area (Å²) < 4.78 is 5.58. The normalized spacial score (nSPS) is 18.6. The third-order valence-electron chi connectivity index (χ3n) is 4.88. The second kappa shape index (κ2) is 8.13. The van der Waals surface area contributed by atoms with Crippen molar-refractivity contribution < 1.29 is 9.53 Å². The van der Waals surface area contributed by atoms with E-state index in [4.69, 9.17) is 4.74 Å². The van der Waals surface area contributed by atoms with E-state index in [0.717, 1.165) is 13.1 Å². The molecule has 1 fully saturated rings. The summed E-state index contributed by atoms with van der Waals surface area (Å²) in [6.07, 6.45) is -0.217. The van der Waals surface area contributed by atoms with Crippen LogP contribution in [-0.4, -0.2) is 47.2 Å². The van der Waals surface area contributed by atoms with Crippen LogP contribution in [0.2, 0.25) is 0 Å². The SMILES string of the molecule is C[C@@H]1CN(C(c2ccccc2)c2ccccc2)CCN1C(=O)OC(C)(C)C. The van der Waals surface area contributed by atoms with Crippen molar-refractivity contribution in [3.05, 3.63) is 71.8 Å². The summed E-state index contributed by atoms with van der Waals surface area (Å²) in [6, 6.07) is 21.5. The van der Waals surface area contributed by atoms with Crippen LogP contribution in [0.25, 0.3) is 0 Å². The van der Waals surface area contributed by atoms with Gasteiger partial charge in [-0.05, 0) is 38.8 Å². The molecule has 144 valence electrons. The van der Waals surface area contributed by atoms with Crippen molar-refractivity contribution in [2.75, 3.05) is 19.6 Å². The molecule has 0 saturated carbocycles. The largest absolute Gasteiger partial charge is 0.444 e. The maximum absolute atomic E-state index is 12.5. The summed E-state index contributed by atoms with van der Waals surface area (Å²) in [7, 11) is 0. The molecule has 2 aromatic carbocycles. The molecule has 0 N–H and O–H groups in total. The van der Waals surface area contributed by atoms with E-state index in [1.807, 2.05) is 25.7 Å². The van der Waals surface area contributed by atoms with Crippen molar-refractivity contribution in [1.82, 2.24) is 9.80 Å². The molecule has 27 heavy (non-hydrogen) atoms. The van der Waals surface area contributed by atoms with Gasteiger partial charge >= 0.3 is 6.09 Å². The van der Waals surface area contributed by atoms with Gasteiger partial charge in [0.15, 0.2) is 0 Å². The number of carbonyl (C=O) groups is 1. The van der Waals surface area contributed by atoms with Crippen LogP contribution >= 0.6 is 0 Å². The number of hydrogen-bond donors (Lipinski definition) is 0. The maximum Gasteiger partial charge on any atom is 0.410 e. The predicted octanol–water partition coefficient (Wildman–Crippen LogP) is 4.72. The fraction of sp³-hybridized carbons (Fsp3) is 0.435. The average Bonchev–Trinajstić information content (AvgIpc) is 2.62. The second-order valence-corrected chi connectivity index (χ2v) is 8.24. The third kappa shape index (κ3) is 4.89. The summed E-state index contributed by atoms with van der Waals surface area (Å²) in [6.45, 7) is 10.1. The molecule has 1 atom stereocenters. The van der Waals surface area contributed by atoms with Gasteiger partial charge in [-0.25, -0.2) is 4.79 Å². The van der Waals surface area contributed by atoms with Gasteiger partial charge in [0.2, 0.25) is 0 Å². The van der Waals surface area contributed by atoms with Crippen LogP contribution in [0.5, 0.6) is 0 Å². The summed E-state index contributed by atoms with van der Waals surface area (Å²) in [4.78, 5) is 16.9. The van der Waals surface area contributed by atoms with E-state index in [9.17, 15) is 4.79 Å². The van der Waals surface area contributed by atoms with Crippen molar-refractivity contribution in [3.63, 3.8) is 0 Å². The molecule has 2 aromatic rings. The summed E-state index contributed by atoms with van der Waals surface area (Å²) in [5, 5.41) is 0. The molecule has 0 radical (unpaired) electrons. The number of ether oxygens (including phenoxy) is 1. The summed E-state index contributed by atoms with van der Waals surface area (Å²) in [5.74, 6) is 0. The minimum Gasteiger partial charge on any atom is -0.444 e. The minimum absolute atomic E-state index is 0.100. The van der Waals surface area contributed by atoms with Gasteiger partial charge < -0.3 is 9.64 Å². The van der Waals surface area contributed by atoms with Crippen LogP contribution in [0.1, 0.15) is 44.9 Å². The lowest BCUT2D eigenvalue weighted by Gasteiger charge is -2.43. The van der Waals surface area contributed by atoms with E-state index in [0.29, 0.717) is 6.54 Å². The van der Waals surface area contributed by atoms with Crippen LogP contribution in [0.15, 0.2) is 60.7 Å². The average molecular weight is 367 g/mol. The van der Waals surface area contributed by atoms with Gasteiger partial charge in [-0.2, -0.15) is 0 Å². The smallest absolute Gasteiger partial charge is 0.410 e. The molecule has 1 aliphatic heterocycles. The van der Waals surface area contributed by atoms with Gasteiger partial charge in [0.1, 0.15) is 5.60 Å². The van der Waals surface area contributed by atoms with Gasteiger partial charge in [-0.3, -0.25) is 4.90 Å². The molecule has 0 bridgehead atoms. The zero-order valence-electron chi connectivity index (χ0n) is 16.8. The van der Waals surface area contributed by atoms with Crippen LogP contribution in [0.4, 0.5) is 4.79 Å². The standard InChI is InChI=1S/C23H30N2O2/c1-18-17-24(15-16-25(18)22(26)27-23(2,3)4)21(19-11-7-5-8-12-19)20-13-9-6-10-14-20/h5-14,18,21H,15-17H2,1-4H3/t18-/m1/s1. The van der Waals surface area contributed by atoms with Crippen LogP contribution in [0.3, 0.4) is 0 Å². The van der Waals surface area contributed by atoms with Gasteiger partial charge in [0.25, 0.3) is 0 Å². The number of amides is 1. The zero-order valence-corrected chi connectivity index (χ0v) is 16.8. The molecule has 4 nitrogen and oxygen atoms in total. The first-order valence-electron chi connectivity index (χ1n) is 9.69. The summed E-state index contributed by atoms with van der Waals surface area (Å²) in [5.41, 5.74) is 2.09. The van der Waals surface area contributed by atoms with E-state index in [1.165, 1.54) is 11.1 Å². The third-order valence-corrected chi connectivity index (χ3v) is 4.88. The maximum atomic E-state index is 12.5. The van der Waals surface area contributed by atoms with E-state index >= 15 is 0 Å². The predicted molar refractivity (Wildman–Crippen MR) is 109 cm³/mol. The number of hydrogen-bond acceptors (Lipinski definition) is 3. The van der Waals surface area contributed by atoms with Crippen LogP contribution < -0.4 is 0 Å². The Bertz CT molecular complexity index is 700. The molecule has 4 heteroatoms. The molecular formula is C23H30N2O2. The first-order valence-corrected chi connectivity index (χ1v) is 9.69. The molecule has 1 amide bonds. The Kier molecular flexibility index (Phi) is 5.85. The van der Waals surface area contributed by atoms with Gasteiger partial charge in [0, 0.05) is 25.7 Å². The Morgan fingerprint density at radius 3 is 1.93 bits per heavy atom. The van der Waals surface area contributed by atoms with E-state index in [2.05, 4.69) is 72.5 Å². The molecule has 0 spiro atoms. The Balaban J connectivity index is 1.79. The van der Waals surface area contributed by atoms with Crippen molar-refractivity contribution in [2.45, 2.75) is 45.4 Å². The monoisotopic (exact) mass is 366 g/mol. The zero-order chi connectivity index (χ0) is 19.4. The number of piperazine rings is 1. The quantitative estimate of drug-likeness (QED) is 0.788. The van der Waals surface area contributed by atoms with Gasteiger partial charge in [0.05, 0.1) is 6.04 Å².